The summed E-state index contributed by atoms with van der Waals surface area (Å²) in [7, 11) is -2.06. The van der Waals surface area contributed by atoms with Crippen LogP contribution in [0, 0.1) is 5.92 Å². The van der Waals surface area contributed by atoms with Crippen molar-refractivity contribution in [1.29, 1.82) is 0 Å². The molecule has 3 aromatic rings. The van der Waals surface area contributed by atoms with Gasteiger partial charge in [0.15, 0.2) is 0 Å². The summed E-state index contributed by atoms with van der Waals surface area (Å²) < 4.78 is 35.4. The molecule has 2 aromatic carbocycles. The van der Waals surface area contributed by atoms with E-state index in [4.69, 9.17) is 9.84 Å². The van der Waals surface area contributed by atoms with Gasteiger partial charge < -0.3 is 15.4 Å². The number of anilines is 1. The maximum absolute atomic E-state index is 13.0. The number of hydrogen-bond donors (Lipinski definition) is 2. The van der Waals surface area contributed by atoms with E-state index >= 15 is 0 Å². The number of fused-ring (bicyclic) bond motifs is 1. The Balaban J connectivity index is 1.47. The summed E-state index contributed by atoms with van der Waals surface area (Å²) >= 11 is 3.44. The first-order chi connectivity index (χ1) is 19.2. The topological polar surface area (TPSA) is 123 Å². The predicted octanol–water partition coefficient (Wildman–Crippen LogP) is 3.72. The van der Waals surface area contributed by atoms with Gasteiger partial charge in [0.2, 0.25) is 15.9 Å². The molecule has 2 amide bonds. The summed E-state index contributed by atoms with van der Waals surface area (Å²) in [6, 6.07) is 11.2. The molecule has 2 aliphatic rings. The van der Waals surface area contributed by atoms with Gasteiger partial charge in [0.05, 0.1) is 35.7 Å². The third-order valence-electron chi connectivity index (χ3n) is 7.39. The number of aromatic nitrogens is 2. The molecule has 1 atom stereocenters. The first-order valence-corrected chi connectivity index (χ1v) is 16.2. The van der Waals surface area contributed by atoms with Crippen LogP contribution in [0.2, 0.25) is 0 Å². The molecule has 0 radical (unpaired) electrons. The largest absolute Gasteiger partial charge is 0.381 e. The van der Waals surface area contributed by atoms with Crippen LogP contribution in [0.5, 0.6) is 0 Å². The lowest BCUT2D eigenvalue weighted by Gasteiger charge is -2.26. The van der Waals surface area contributed by atoms with Crippen LogP contribution in [0.1, 0.15) is 54.1 Å². The number of benzene rings is 2. The molecule has 0 spiro atoms. The molecule has 214 valence electrons. The Kier molecular flexibility index (Phi) is 8.48. The van der Waals surface area contributed by atoms with Gasteiger partial charge in [-0.25, -0.2) is 13.1 Å². The fourth-order valence-corrected chi connectivity index (χ4v) is 6.41. The van der Waals surface area contributed by atoms with Crippen molar-refractivity contribution in [3.8, 4) is 5.69 Å². The number of hydrogen-bond acceptors (Lipinski definition) is 6. The minimum absolute atomic E-state index is 0.0501. The minimum atomic E-state index is -3.64. The third kappa shape index (κ3) is 6.18. The number of sulfonamides is 1. The normalized spacial score (nSPS) is 17.5. The Hall–Kier alpha value is -2.96. The second-order valence-electron chi connectivity index (χ2n) is 10.4. The fraction of sp³-hybridized carbons (Fsp3) is 0.464. The number of amides is 2. The van der Waals surface area contributed by atoms with Gasteiger partial charge in [-0.15, -0.1) is 0 Å². The van der Waals surface area contributed by atoms with E-state index in [1.807, 2.05) is 30.3 Å². The summed E-state index contributed by atoms with van der Waals surface area (Å²) in [4.78, 5) is 25.5. The molecule has 40 heavy (non-hydrogen) atoms. The molecule has 0 unspecified atom stereocenters. The van der Waals surface area contributed by atoms with Crippen LogP contribution in [0.25, 0.3) is 16.6 Å². The van der Waals surface area contributed by atoms with E-state index in [0.29, 0.717) is 54.2 Å². The fourth-order valence-electron chi connectivity index (χ4n) is 5.17. The molecule has 1 aliphatic carbocycles. The molecule has 10 nitrogen and oxygen atoms in total. The number of nitrogens with zero attached hydrogens (tertiary/aromatic N) is 3. The number of rotatable bonds is 10. The van der Waals surface area contributed by atoms with Crippen LogP contribution < -0.4 is 14.9 Å². The van der Waals surface area contributed by atoms with Crippen molar-refractivity contribution in [3.05, 3.63) is 52.1 Å². The van der Waals surface area contributed by atoms with Crippen LogP contribution >= 0.6 is 15.9 Å². The Morgan fingerprint density at radius 2 is 1.93 bits per heavy atom. The van der Waals surface area contributed by atoms with E-state index in [2.05, 4.69) is 26.6 Å². The highest BCUT2D eigenvalue weighted by Gasteiger charge is 2.32. The highest BCUT2D eigenvalue weighted by atomic mass is 79.9. The summed E-state index contributed by atoms with van der Waals surface area (Å²) in [5.41, 5.74) is 3.11. The van der Waals surface area contributed by atoms with Gasteiger partial charge in [-0.2, -0.15) is 5.10 Å². The Labute approximate surface area is 242 Å². The van der Waals surface area contributed by atoms with Crippen molar-refractivity contribution < 1.29 is 22.7 Å². The Morgan fingerprint density at radius 3 is 2.55 bits per heavy atom. The summed E-state index contributed by atoms with van der Waals surface area (Å²) in [6.45, 7) is 1.69. The van der Waals surface area contributed by atoms with Crippen LogP contribution in [0.3, 0.4) is 0 Å². The van der Waals surface area contributed by atoms with Gasteiger partial charge in [0.25, 0.3) is 5.91 Å². The number of halogens is 1. The molecular weight excluding hydrogens is 598 g/mol. The van der Waals surface area contributed by atoms with Gasteiger partial charge in [-0.3, -0.25) is 13.9 Å². The summed E-state index contributed by atoms with van der Waals surface area (Å²) in [5, 5.41) is 11.1. The molecule has 2 fully saturated rings. The molecule has 1 saturated carbocycles. The lowest BCUT2D eigenvalue weighted by molar-refractivity contribution is -0.128. The predicted molar refractivity (Wildman–Crippen MR) is 157 cm³/mol. The SMILES string of the molecule is CNC(=O)c1c2cc(C3CC3)c(N(CCCNC(=O)[C@@H]3CCCOC3)S(C)(=O)=O)cc2nn1-c1ccc(Br)cc1. The number of carbonyl (C=O) groups excluding carboxylic acids is 2. The van der Waals surface area contributed by atoms with E-state index in [1.54, 1.807) is 17.8 Å². The smallest absolute Gasteiger partial charge is 0.270 e. The van der Waals surface area contributed by atoms with Crippen LogP contribution in [0.4, 0.5) is 5.69 Å². The molecule has 1 saturated heterocycles. The quantitative estimate of drug-likeness (QED) is 0.329. The standard InChI is InChI=1S/C28H34BrN5O5S/c1-30-28(36)26-23-15-22(18-6-7-18)25(16-24(23)32-34(26)21-10-8-20(29)9-11-21)33(40(2,37)38)13-4-12-31-27(35)19-5-3-14-39-17-19/h8-11,15-16,18-19H,3-7,12-14,17H2,1-2H3,(H,30,36)(H,31,35)/t19-/m1/s1. The van der Waals surface area contributed by atoms with Gasteiger partial charge in [0.1, 0.15) is 5.69 Å². The van der Waals surface area contributed by atoms with Crippen LogP contribution in [0.15, 0.2) is 40.9 Å². The van der Waals surface area contributed by atoms with Crippen molar-refractivity contribution in [1.82, 2.24) is 20.4 Å². The van der Waals surface area contributed by atoms with E-state index < -0.39 is 10.0 Å². The first-order valence-electron chi connectivity index (χ1n) is 13.5. The Morgan fingerprint density at radius 1 is 1.18 bits per heavy atom. The maximum atomic E-state index is 13.0. The van der Waals surface area contributed by atoms with E-state index in [9.17, 15) is 18.0 Å². The molecule has 12 heteroatoms. The zero-order valence-electron chi connectivity index (χ0n) is 22.7. The summed E-state index contributed by atoms with van der Waals surface area (Å²) in [6.07, 6.45) is 5.22. The van der Waals surface area contributed by atoms with Crippen LogP contribution in [-0.4, -0.2) is 69.6 Å². The second kappa shape index (κ2) is 11.9. The number of nitrogens with one attached hydrogen (secondary N) is 2. The first kappa shape index (κ1) is 28.6. The van der Waals surface area contributed by atoms with E-state index in [0.717, 1.165) is 35.7 Å². The minimum Gasteiger partial charge on any atom is -0.381 e. The van der Waals surface area contributed by atoms with Crippen molar-refractivity contribution in [2.75, 3.05) is 43.9 Å². The average molecular weight is 633 g/mol. The highest BCUT2D eigenvalue weighted by Crippen LogP contribution is 2.46. The average Bonchev–Trinajstić information content (AvgIpc) is 3.72. The zero-order chi connectivity index (χ0) is 28.4. The second-order valence-corrected chi connectivity index (χ2v) is 13.2. The molecule has 1 aliphatic heterocycles. The van der Waals surface area contributed by atoms with Crippen LogP contribution in [-0.2, 0) is 19.6 Å². The molecule has 1 aromatic heterocycles. The third-order valence-corrected chi connectivity index (χ3v) is 9.10. The van der Waals surface area contributed by atoms with Gasteiger partial charge >= 0.3 is 0 Å². The maximum Gasteiger partial charge on any atom is 0.270 e. The van der Waals surface area contributed by atoms with Crippen molar-refractivity contribution in [2.24, 2.45) is 5.92 Å². The molecule has 2 heterocycles. The van der Waals surface area contributed by atoms with Gasteiger partial charge in [-0.05, 0) is 80.0 Å². The Bertz CT molecular complexity index is 1510. The van der Waals surface area contributed by atoms with Crippen molar-refractivity contribution >= 4 is 54.4 Å². The zero-order valence-corrected chi connectivity index (χ0v) is 25.1. The molecular formula is C28H34BrN5O5S. The highest BCUT2D eigenvalue weighted by molar-refractivity contribution is 9.10. The van der Waals surface area contributed by atoms with Crippen molar-refractivity contribution in [3.63, 3.8) is 0 Å². The lowest BCUT2D eigenvalue weighted by Crippen LogP contribution is -2.38. The van der Waals surface area contributed by atoms with Gasteiger partial charge in [-0.1, -0.05) is 15.9 Å². The monoisotopic (exact) mass is 631 g/mol. The summed E-state index contributed by atoms with van der Waals surface area (Å²) in [5.74, 6) is -0.271. The molecule has 2 N–H and O–H groups in total. The van der Waals surface area contributed by atoms with Gasteiger partial charge in [0, 0.05) is 36.6 Å². The molecule has 5 rings (SSSR count). The van der Waals surface area contributed by atoms with E-state index in [1.165, 1.54) is 10.6 Å². The van der Waals surface area contributed by atoms with Crippen molar-refractivity contribution in [2.45, 2.75) is 38.0 Å². The lowest BCUT2D eigenvalue weighted by atomic mass is 10.0. The van der Waals surface area contributed by atoms with E-state index in [-0.39, 0.29) is 30.2 Å². The number of ether oxygens (including phenoxy) is 1. The molecule has 0 bridgehead atoms. The number of carbonyl (C=O) groups is 2.